The van der Waals surface area contributed by atoms with Crippen molar-refractivity contribution in [2.24, 2.45) is 0 Å². The molecule has 0 unspecified atom stereocenters. The van der Waals surface area contributed by atoms with Crippen molar-refractivity contribution in [1.29, 1.82) is 0 Å². The van der Waals surface area contributed by atoms with Crippen LogP contribution in [-0.4, -0.2) is 27.6 Å². The Bertz CT molecular complexity index is 1360. The fourth-order valence-corrected chi connectivity index (χ4v) is 5.33. The van der Waals surface area contributed by atoms with Crippen LogP contribution in [0.5, 0.6) is 0 Å². The molecule has 1 saturated heterocycles. The van der Waals surface area contributed by atoms with Gasteiger partial charge in [-0.2, -0.15) is 0 Å². The second-order valence-electron chi connectivity index (χ2n) is 9.58. The molecule has 0 bridgehead atoms. The molecule has 33 heavy (non-hydrogen) atoms. The average Bonchev–Trinajstić information content (AvgIpc) is 3.21. The molecule has 1 fully saturated rings. The van der Waals surface area contributed by atoms with E-state index in [-0.39, 0.29) is 5.56 Å². The van der Waals surface area contributed by atoms with Gasteiger partial charge in [-0.3, -0.25) is 14.3 Å². The number of aryl methyl sites for hydroxylation is 1. The molecule has 5 heteroatoms. The van der Waals surface area contributed by atoms with Crippen molar-refractivity contribution in [2.75, 3.05) is 13.1 Å². The first kappa shape index (κ1) is 21.7. The van der Waals surface area contributed by atoms with Gasteiger partial charge in [0.2, 0.25) is 0 Å². The molecule has 4 aromatic rings. The molecule has 0 aliphatic carbocycles. The summed E-state index contributed by atoms with van der Waals surface area (Å²) in [6, 6.07) is 12.8. The first-order valence-electron chi connectivity index (χ1n) is 12.0. The largest absolute Gasteiger partial charge is 0.354 e. The number of benzene rings is 1. The first-order chi connectivity index (χ1) is 16.0. The molecule has 0 atom stereocenters. The van der Waals surface area contributed by atoms with Crippen LogP contribution in [0.15, 0.2) is 53.6 Å². The van der Waals surface area contributed by atoms with Crippen LogP contribution < -0.4 is 10.9 Å². The Balaban J connectivity index is 1.72. The van der Waals surface area contributed by atoms with Crippen molar-refractivity contribution < 1.29 is 0 Å². The van der Waals surface area contributed by atoms with Gasteiger partial charge in [-0.05, 0) is 93.1 Å². The molecule has 2 N–H and O–H groups in total. The lowest BCUT2D eigenvalue weighted by Gasteiger charge is -2.23. The predicted octanol–water partition coefficient (Wildman–Crippen LogP) is 5.59. The summed E-state index contributed by atoms with van der Waals surface area (Å²) in [6.07, 6.45) is 5.86. The Morgan fingerprint density at radius 3 is 2.58 bits per heavy atom. The van der Waals surface area contributed by atoms with Gasteiger partial charge < -0.3 is 10.3 Å². The van der Waals surface area contributed by atoms with Crippen molar-refractivity contribution in [3.05, 3.63) is 81.5 Å². The smallest absolute Gasteiger partial charge is 0.258 e. The Labute approximate surface area is 194 Å². The van der Waals surface area contributed by atoms with Gasteiger partial charge in [-0.15, -0.1) is 0 Å². The van der Waals surface area contributed by atoms with E-state index in [0.29, 0.717) is 11.8 Å². The van der Waals surface area contributed by atoms with E-state index in [4.69, 9.17) is 0 Å². The van der Waals surface area contributed by atoms with Crippen molar-refractivity contribution in [3.8, 4) is 16.9 Å². The number of aromatic nitrogens is 3. The van der Waals surface area contributed by atoms with Crippen LogP contribution in [0.3, 0.4) is 0 Å². The lowest BCUT2D eigenvalue weighted by Crippen LogP contribution is -2.26. The van der Waals surface area contributed by atoms with Crippen molar-refractivity contribution in [1.82, 2.24) is 19.9 Å². The number of hydrogen-bond donors (Lipinski definition) is 2. The molecule has 170 valence electrons. The van der Waals surface area contributed by atoms with E-state index in [0.717, 1.165) is 46.8 Å². The second-order valence-corrected chi connectivity index (χ2v) is 9.58. The van der Waals surface area contributed by atoms with Crippen molar-refractivity contribution in [2.45, 2.75) is 52.4 Å². The second kappa shape index (κ2) is 8.64. The highest BCUT2D eigenvalue weighted by Gasteiger charge is 2.22. The minimum Gasteiger partial charge on any atom is -0.354 e. The first-order valence-corrected chi connectivity index (χ1v) is 12.0. The number of fused-ring (bicyclic) bond motifs is 1. The van der Waals surface area contributed by atoms with Gasteiger partial charge in [0.1, 0.15) is 0 Å². The third-order valence-corrected chi connectivity index (χ3v) is 7.05. The summed E-state index contributed by atoms with van der Waals surface area (Å²) >= 11 is 0. The molecule has 4 heterocycles. The quantitative estimate of drug-likeness (QED) is 0.435. The van der Waals surface area contributed by atoms with E-state index in [9.17, 15) is 4.79 Å². The molecule has 0 saturated carbocycles. The maximum atomic E-state index is 13.1. The Morgan fingerprint density at radius 2 is 1.88 bits per heavy atom. The molecule has 5 nitrogen and oxygen atoms in total. The van der Waals surface area contributed by atoms with Crippen LogP contribution in [-0.2, 0) is 0 Å². The normalized spacial score (nSPS) is 14.9. The molecule has 1 aromatic carbocycles. The van der Waals surface area contributed by atoms with Crippen LogP contribution in [0.4, 0.5) is 0 Å². The van der Waals surface area contributed by atoms with E-state index in [1.54, 1.807) is 17.0 Å². The minimum absolute atomic E-state index is 0.000322. The van der Waals surface area contributed by atoms with Gasteiger partial charge in [0, 0.05) is 33.9 Å². The SMILES string of the molecule is Cc1cc(-c2[nH]c3ccc(C4CCNCC4)cc3c2C(C)C)c(C)n(-c2cccnc2)c1=O. The topological polar surface area (TPSA) is 62.7 Å². The molecule has 3 aromatic heterocycles. The fraction of sp³-hybridized carbons (Fsp3) is 0.357. The maximum Gasteiger partial charge on any atom is 0.258 e. The highest BCUT2D eigenvalue weighted by Crippen LogP contribution is 2.39. The van der Waals surface area contributed by atoms with Crippen LogP contribution in [0.25, 0.3) is 27.8 Å². The summed E-state index contributed by atoms with van der Waals surface area (Å²) < 4.78 is 1.79. The molecule has 5 rings (SSSR count). The van der Waals surface area contributed by atoms with E-state index < -0.39 is 0 Å². The number of nitrogens with zero attached hydrogens (tertiary/aromatic N) is 2. The van der Waals surface area contributed by atoms with Gasteiger partial charge in [0.05, 0.1) is 17.6 Å². The highest BCUT2D eigenvalue weighted by atomic mass is 16.1. The zero-order valence-electron chi connectivity index (χ0n) is 19.9. The van der Waals surface area contributed by atoms with E-state index in [1.165, 1.54) is 29.4 Å². The average molecular weight is 441 g/mol. The van der Waals surface area contributed by atoms with E-state index in [1.807, 2.05) is 32.0 Å². The maximum absolute atomic E-state index is 13.1. The van der Waals surface area contributed by atoms with Gasteiger partial charge in [-0.25, -0.2) is 0 Å². The van der Waals surface area contributed by atoms with Crippen molar-refractivity contribution >= 4 is 10.9 Å². The molecular weight excluding hydrogens is 408 g/mol. The lowest BCUT2D eigenvalue weighted by atomic mass is 9.88. The number of hydrogen-bond acceptors (Lipinski definition) is 3. The molecule has 1 aliphatic heterocycles. The van der Waals surface area contributed by atoms with Gasteiger partial charge in [-0.1, -0.05) is 19.9 Å². The molecular formula is C28H32N4O. The molecule has 0 radical (unpaired) electrons. The van der Waals surface area contributed by atoms with E-state index >= 15 is 0 Å². The zero-order chi connectivity index (χ0) is 23.1. The fourth-order valence-electron chi connectivity index (χ4n) is 5.33. The molecule has 0 amide bonds. The number of pyridine rings is 2. The minimum atomic E-state index is -0.000322. The number of nitrogens with one attached hydrogen (secondary N) is 2. The Morgan fingerprint density at radius 1 is 1.09 bits per heavy atom. The monoisotopic (exact) mass is 440 g/mol. The summed E-state index contributed by atoms with van der Waals surface area (Å²) in [4.78, 5) is 21.1. The van der Waals surface area contributed by atoms with Crippen LogP contribution >= 0.6 is 0 Å². The molecule has 0 spiro atoms. The number of rotatable bonds is 4. The van der Waals surface area contributed by atoms with Gasteiger partial charge >= 0.3 is 0 Å². The number of piperidine rings is 1. The van der Waals surface area contributed by atoms with Gasteiger partial charge in [0.25, 0.3) is 5.56 Å². The highest BCUT2D eigenvalue weighted by molar-refractivity contribution is 5.92. The van der Waals surface area contributed by atoms with Gasteiger partial charge in [0.15, 0.2) is 0 Å². The summed E-state index contributed by atoms with van der Waals surface area (Å²) in [5, 5.41) is 4.77. The summed E-state index contributed by atoms with van der Waals surface area (Å²) in [5.74, 6) is 0.959. The summed E-state index contributed by atoms with van der Waals surface area (Å²) in [5.41, 5.74) is 8.53. The number of H-pyrrole nitrogens is 1. The summed E-state index contributed by atoms with van der Waals surface area (Å²) in [6.45, 7) is 10.6. The van der Waals surface area contributed by atoms with E-state index in [2.05, 4.69) is 47.3 Å². The Hall–Kier alpha value is -3.18. The Kier molecular flexibility index (Phi) is 5.67. The third-order valence-electron chi connectivity index (χ3n) is 7.05. The third kappa shape index (κ3) is 3.80. The lowest BCUT2D eigenvalue weighted by molar-refractivity contribution is 0.460. The zero-order valence-corrected chi connectivity index (χ0v) is 19.9. The standard InChI is InChI=1S/C28H32N4O/c1-17(2)26-24-15-21(20-9-12-29-13-10-20)7-8-25(24)31-27(26)23-14-18(3)28(33)32(19(23)4)22-6-5-11-30-16-22/h5-8,11,14-17,20,29,31H,9-10,12-13H2,1-4H3. The van der Waals surface area contributed by atoms with Crippen LogP contribution in [0.2, 0.25) is 0 Å². The van der Waals surface area contributed by atoms with Crippen molar-refractivity contribution in [3.63, 3.8) is 0 Å². The summed E-state index contributed by atoms with van der Waals surface area (Å²) in [7, 11) is 0. The van der Waals surface area contributed by atoms with Crippen LogP contribution in [0, 0.1) is 13.8 Å². The predicted molar refractivity (Wildman–Crippen MR) is 136 cm³/mol. The number of aromatic amines is 1. The molecule has 1 aliphatic rings. The van der Waals surface area contributed by atoms with Crippen LogP contribution in [0.1, 0.15) is 60.9 Å².